The van der Waals surface area contributed by atoms with Gasteiger partial charge in [-0.25, -0.2) is 14.6 Å². The lowest BCUT2D eigenvalue weighted by Crippen LogP contribution is -2.36. The molecule has 12 heteroatoms. The van der Waals surface area contributed by atoms with Gasteiger partial charge in [-0.15, -0.1) is 0 Å². The van der Waals surface area contributed by atoms with Crippen molar-refractivity contribution in [3.8, 4) is 0 Å². The number of hydrogen-bond donors (Lipinski definition) is 4. The van der Waals surface area contributed by atoms with Crippen LogP contribution in [0.4, 0.5) is 0 Å². The smallest absolute Gasteiger partial charge is 0.372 e. The number of aromatic amines is 2. The Morgan fingerprint density at radius 2 is 1.76 bits per heavy atom. The molecule has 0 atom stereocenters. The van der Waals surface area contributed by atoms with Crippen LogP contribution in [0.3, 0.4) is 0 Å². The summed E-state index contributed by atoms with van der Waals surface area (Å²) in [5.41, 5.74) is 1.30. The summed E-state index contributed by atoms with van der Waals surface area (Å²) in [4.78, 5) is 65.5. The van der Waals surface area contributed by atoms with Crippen LogP contribution in [0.15, 0.2) is 40.1 Å². The Hall–Kier alpha value is -4.48. The molecule has 4 aromatic rings. The predicted octanol–water partition coefficient (Wildman–Crippen LogP) is 0.732. The van der Waals surface area contributed by atoms with Crippen molar-refractivity contribution in [3.05, 3.63) is 62.7 Å². The molecule has 0 amide bonds. The second kappa shape index (κ2) is 9.98. The number of aliphatic carboxylic acids is 2. The number of carboxylic acids is 2. The number of ketones is 1. The average Bonchev–Trinajstić information content (AvgIpc) is 3.41. The lowest BCUT2D eigenvalue weighted by molar-refractivity contribution is -0.148. The Morgan fingerprint density at radius 1 is 1.06 bits per heavy atom. The molecule has 1 aromatic carbocycles. The van der Waals surface area contributed by atoms with Crippen LogP contribution in [0, 0.1) is 0 Å². The van der Waals surface area contributed by atoms with E-state index in [1.54, 1.807) is 6.20 Å². The number of Topliss-reactive ketones (excluding diaryl/α,β-unsaturated/α-hetero) is 1. The van der Waals surface area contributed by atoms with E-state index in [-0.39, 0.29) is 18.4 Å². The van der Waals surface area contributed by atoms with E-state index in [4.69, 9.17) is 10.2 Å². The summed E-state index contributed by atoms with van der Waals surface area (Å²) in [5.74, 6) is -2.55. The van der Waals surface area contributed by atoms with E-state index in [1.165, 1.54) is 18.7 Å². The highest BCUT2D eigenvalue weighted by molar-refractivity contribution is 6.33. The zero-order valence-corrected chi connectivity index (χ0v) is 18.5. The third kappa shape index (κ3) is 5.11. The summed E-state index contributed by atoms with van der Waals surface area (Å²) in [5, 5.41) is 18.0. The number of imidazole rings is 1. The monoisotopic (exact) mass is 469 g/mol. The number of nitrogens with one attached hydrogen (secondary N) is 2. The third-order valence-corrected chi connectivity index (χ3v) is 5.21. The lowest BCUT2D eigenvalue weighted by Gasteiger charge is -2.00. The first-order valence-electron chi connectivity index (χ1n) is 10.3. The highest BCUT2D eigenvalue weighted by Crippen LogP contribution is 2.18. The van der Waals surface area contributed by atoms with Crippen LogP contribution in [-0.2, 0) is 41.3 Å². The van der Waals surface area contributed by atoms with Crippen molar-refractivity contribution in [2.24, 2.45) is 14.1 Å². The number of para-hydroxylation sites is 1. The molecule has 0 aliphatic carbocycles. The molecule has 0 radical (unpaired) electrons. The van der Waals surface area contributed by atoms with Crippen LogP contribution in [-0.4, -0.2) is 52.0 Å². The summed E-state index contributed by atoms with van der Waals surface area (Å²) >= 11 is 0. The molecular formula is C22H23N5O7. The van der Waals surface area contributed by atoms with E-state index in [2.05, 4.69) is 15.0 Å². The molecule has 12 nitrogen and oxygen atoms in total. The first kappa shape index (κ1) is 24.2. The van der Waals surface area contributed by atoms with Gasteiger partial charge in [0.15, 0.2) is 5.65 Å². The number of fused-ring (bicyclic) bond motifs is 2. The number of hydrogen-bond acceptors (Lipinski definition) is 6. The fourth-order valence-electron chi connectivity index (χ4n) is 3.43. The maximum Gasteiger partial charge on any atom is 0.372 e. The largest absolute Gasteiger partial charge is 0.481 e. The van der Waals surface area contributed by atoms with E-state index in [9.17, 15) is 24.0 Å². The van der Waals surface area contributed by atoms with Gasteiger partial charge in [0.2, 0.25) is 5.78 Å². The Labute approximate surface area is 191 Å². The van der Waals surface area contributed by atoms with Gasteiger partial charge in [-0.05, 0) is 18.1 Å². The molecule has 0 bridgehead atoms. The van der Waals surface area contributed by atoms with Gasteiger partial charge < -0.3 is 20.2 Å². The van der Waals surface area contributed by atoms with Gasteiger partial charge in [-0.3, -0.25) is 23.5 Å². The minimum Gasteiger partial charge on any atom is -0.481 e. The number of benzene rings is 1. The summed E-state index contributed by atoms with van der Waals surface area (Å²) in [6.07, 6.45) is 2.47. The van der Waals surface area contributed by atoms with Crippen molar-refractivity contribution in [3.63, 3.8) is 0 Å². The van der Waals surface area contributed by atoms with Gasteiger partial charge in [0.05, 0.1) is 0 Å². The van der Waals surface area contributed by atoms with E-state index in [0.29, 0.717) is 24.3 Å². The summed E-state index contributed by atoms with van der Waals surface area (Å²) < 4.78 is 2.29. The number of aryl methyl sites for hydroxylation is 2. The first-order valence-corrected chi connectivity index (χ1v) is 10.3. The number of carbonyl (C=O) groups excluding carboxylic acids is 1. The number of carbonyl (C=O) groups is 3. The molecule has 0 saturated carbocycles. The van der Waals surface area contributed by atoms with Crippen LogP contribution in [0.25, 0.3) is 22.1 Å². The van der Waals surface area contributed by atoms with Crippen LogP contribution in [0.5, 0.6) is 0 Å². The SMILES string of the molecule is Cn1c(=O)c2[nH]c(CCCC(=O)O)nc2n(C)c1=O.O=C(O)C(=O)Cc1c[nH]c2ccccc12. The molecule has 34 heavy (non-hydrogen) atoms. The van der Waals surface area contributed by atoms with Crippen molar-refractivity contribution < 1.29 is 24.6 Å². The molecule has 0 aliphatic rings. The van der Waals surface area contributed by atoms with Crippen LogP contribution >= 0.6 is 0 Å². The Balaban J connectivity index is 0.000000196. The van der Waals surface area contributed by atoms with Crippen molar-refractivity contribution in [2.75, 3.05) is 0 Å². The van der Waals surface area contributed by atoms with Gasteiger partial charge in [-0.2, -0.15) is 0 Å². The van der Waals surface area contributed by atoms with Gasteiger partial charge in [-0.1, -0.05) is 18.2 Å². The van der Waals surface area contributed by atoms with Gasteiger partial charge >= 0.3 is 17.6 Å². The maximum absolute atomic E-state index is 11.9. The summed E-state index contributed by atoms with van der Waals surface area (Å²) in [6, 6.07) is 7.47. The van der Waals surface area contributed by atoms with Crippen molar-refractivity contribution in [1.29, 1.82) is 0 Å². The minimum atomic E-state index is -1.39. The minimum absolute atomic E-state index is 0.0357. The fraction of sp³-hybridized carbons (Fsp3) is 0.273. The highest BCUT2D eigenvalue weighted by atomic mass is 16.4. The molecule has 0 unspecified atom stereocenters. The van der Waals surface area contributed by atoms with Gasteiger partial charge in [0, 0.05) is 50.5 Å². The Kier molecular flexibility index (Phi) is 7.09. The summed E-state index contributed by atoms with van der Waals surface area (Å²) in [7, 11) is 2.93. The highest BCUT2D eigenvalue weighted by Gasteiger charge is 2.15. The van der Waals surface area contributed by atoms with Crippen molar-refractivity contribution >= 4 is 39.8 Å². The van der Waals surface area contributed by atoms with Crippen LogP contribution < -0.4 is 11.2 Å². The quantitative estimate of drug-likeness (QED) is 0.286. The first-order chi connectivity index (χ1) is 16.1. The molecule has 4 N–H and O–H groups in total. The maximum atomic E-state index is 11.9. The van der Waals surface area contributed by atoms with E-state index in [1.807, 2.05) is 24.3 Å². The lowest BCUT2D eigenvalue weighted by atomic mass is 10.1. The second-order valence-corrected chi connectivity index (χ2v) is 7.60. The number of carboxylic acid groups (broad SMARTS) is 2. The van der Waals surface area contributed by atoms with Crippen molar-refractivity contribution in [2.45, 2.75) is 25.7 Å². The van der Waals surface area contributed by atoms with Crippen molar-refractivity contribution in [1.82, 2.24) is 24.1 Å². The van der Waals surface area contributed by atoms with Crippen LogP contribution in [0.1, 0.15) is 24.2 Å². The molecule has 3 heterocycles. The molecule has 0 aliphatic heterocycles. The molecule has 0 fully saturated rings. The standard InChI is InChI=1S/C11H14N4O4.C11H9NO3/c1-14-9-8(10(18)15(2)11(14)19)12-6(13-9)4-3-5-7(16)17;13-10(11(14)15)5-7-6-12-9-4-2-1-3-8(7)9/h3-5H2,1-2H3,(H,12,13)(H,16,17);1-4,6,12H,5H2,(H,14,15). The molecule has 4 rings (SSSR count). The molecule has 3 aromatic heterocycles. The Morgan fingerprint density at radius 3 is 2.44 bits per heavy atom. The zero-order chi connectivity index (χ0) is 25.0. The molecule has 0 spiro atoms. The van der Waals surface area contributed by atoms with Crippen LogP contribution in [0.2, 0.25) is 0 Å². The summed E-state index contributed by atoms with van der Waals surface area (Å²) in [6.45, 7) is 0. The second-order valence-electron chi connectivity index (χ2n) is 7.60. The normalized spacial score (nSPS) is 10.8. The average molecular weight is 469 g/mol. The van der Waals surface area contributed by atoms with E-state index in [0.717, 1.165) is 21.0 Å². The fourth-order valence-corrected chi connectivity index (χ4v) is 3.43. The Bertz CT molecular complexity index is 1510. The molecule has 178 valence electrons. The predicted molar refractivity (Wildman–Crippen MR) is 122 cm³/mol. The number of aromatic nitrogens is 5. The molecule has 0 saturated heterocycles. The molecular weight excluding hydrogens is 446 g/mol. The topological polar surface area (TPSA) is 180 Å². The van der Waals surface area contributed by atoms with Gasteiger partial charge in [0.25, 0.3) is 5.56 Å². The zero-order valence-electron chi connectivity index (χ0n) is 18.5. The third-order valence-electron chi connectivity index (χ3n) is 5.21. The number of rotatable bonds is 7. The van der Waals surface area contributed by atoms with E-state index >= 15 is 0 Å². The number of H-pyrrole nitrogens is 2. The van der Waals surface area contributed by atoms with Gasteiger partial charge in [0.1, 0.15) is 11.3 Å². The van der Waals surface area contributed by atoms with E-state index < -0.39 is 29.0 Å². The number of nitrogens with zero attached hydrogens (tertiary/aromatic N) is 3.